The maximum atomic E-state index is 13.8. The standard InChI is InChI=1S/C15H16FNO3S/c16-11-3-1-2-10-12(6-7-21-13(10)11)17-14(18)8-4-5-9(8)15(19)20/h1-3,8-9,12H,4-7H2,(H,17,18)(H,19,20). The molecule has 3 atom stereocenters. The molecular weight excluding hydrogens is 293 g/mol. The SMILES string of the molecule is O=C(O)C1CCC1C(=O)NC1CCSc2c(F)cccc21. The average molecular weight is 309 g/mol. The molecule has 3 unspecified atom stereocenters. The maximum Gasteiger partial charge on any atom is 0.307 e. The summed E-state index contributed by atoms with van der Waals surface area (Å²) >= 11 is 1.46. The molecule has 1 heterocycles. The van der Waals surface area contributed by atoms with Gasteiger partial charge in [0.25, 0.3) is 0 Å². The summed E-state index contributed by atoms with van der Waals surface area (Å²) < 4.78 is 13.8. The van der Waals surface area contributed by atoms with Gasteiger partial charge in [0.1, 0.15) is 5.82 Å². The number of hydrogen-bond donors (Lipinski definition) is 2. The Kier molecular flexibility index (Phi) is 3.89. The number of carboxylic acids is 1. The second kappa shape index (κ2) is 5.67. The number of aliphatic carboxylic acids is 1. The quantitative estimate of drug-likeness (QED) is 0.900. The van der Waals surface area contributed by atoms with E-state index in [0.29, 0.717) is 17.7 Å². The predicted octanol–water partition coefficient (Wildman–Crippen LogP) is 2.59. The summed E-state index contributed by atoms with van der Waals surface area (Å²) in [5.74, 6) is -1.67. The normalized spacial score (nSPS) is 27.4. The summed E-state index contributed by atoms with van der Waals surface area (Å²) in [6, 6.07) is 4.66. The number of thioether (sulfide) groups is 1. The number of carbonyl (C=O) groups excluding carboxylic acids is 1. The van der Waals surface area contributed by atoms with Crippen molar-refractivity contribution < 1.29 is 19.1 Å². The molecule has 4 nitrogen and oxygen atoms in total. The van der Waals surface area contributed by atoms with E-state index in [2.05, 4.69) is 5.32 Å². The fourth-order valence-corrected chi connectivity index (χ4v) is 4.07. The summed E-state index contributed by atoms with van der Waals surface area (Å²) in [5.41, 5.74) is 0.797. The Balaban J connectivity index is 1.74. The van der Waals surface area contributed by atoms with Gasteiger partial charge in [-0.3, -0.25) is 9.59 Å². The van der Waals surface area contributed by atoms with Crippen molar-refractivity contribution in [2.24, 2.45) is 11.8 Å². The number of hydrogen-bond acceptors (Lipinski definition) is 3. The molecule has 112 valence electrons. The van der Waals surface area contributed by atoms with Gasteiger partial charge >= 0.3 is 5.97 Å². The lowest BCUT2D eigenvalue weighted by atomic mass is 9.73. The first-order chi connectivity index (χ1) is 10.1. The van der Waals surface area contributed by atoms with E-state index >= 15 is 0 Å². The second-order valence-corrected chi connectivity index (χ2v) is 6.59. The van der Waals surface area contributed by atoms with E-state index in [0.717, 1.165) is 17.7 Å². The molecule has 0 saturated heterocycles. The topological polar surface area (TPSA) is 66.4 Å². The molecule has 1 aromatic carbocycles. The Labute approximate surface area is 126 Å². The molecule has 0 radical (unpaired) electrons. The molecule has 2 aliphatic rings. The number of benzene rings is 1. The smallest absolute Gasteiger partial charge is 0.307 e. The van der Waals surface area contributed by atoms with E-state index in [1.165, 1.54) is 17.8 Å². The second-order valence-electron chi connectivity index (χ2n) is 5.49. The van der Waals surface area contributed by atoms with Gasteiger partial charge in [0.15, 0.2) is 0 Å². The molecule has 6 heteroatoms. The minimum atomic E-state index is -0.910. The van der Waals surface area contributed by atoms with Crippen LogP contribution in [0.4, 0.5) is 4.39 Å². The maximum absolute atomic E-state index is 13.8. The van der Waals surface area contributed by atoms with Crippen molar-refractivity contribution in [2.45, 2.75) is 30.2 Å². The van der Waals surface area contributed by atoms with E-state index in [4.69, 9.17) is 5.11 Å². The lowest BCUT2D eigenvalue weighted by molar-refractivity contribution is -0.153. The highest BCUT2D eigenvalue weighted by molar-refractivity contribution is 7.99. The minimum absolute atomic E-state index is 0.222. The first kappa shape index (κ1) is 14.4. The third-order valence-electron chi connectivity index (χ3n) is 4.27. The van der Waals surface area contributed by atoms with Gasteiger partial charge in [-0.1, -0.05) is 12.1 Å². The monoisotopic (exact) mass is 309 g/mol. The zero-order valence-electron chi connectivity index (χ0n) is 11.3. The van der Waals surface area contributed by atoms with E-state index in [1.807, 2.05) is 6.07 Å². The molecule has 1 saturated carbocycles. The van der Waals surface area contributed by atoms with E-state index in [-0.39, 0.29) is 17.8 Å². The number of carboxylic acid groups (broad SMARTS) is 1. The van der Waals surface area contributed by atoms with Gasteiger partial charge in [-0.15, -0.1) is 11.8 Å². The first-order valence-electron chi connectivity index (χ1n) is 7.02. The molecule has 0 bridgehead atoms. The van der Waals surface area contributed by atoms with E-state index in [1.54, 1.807) is 6.07 Å². The van der Waals surface area contributed by atoms with Gasteiger partial charge in [0.2, 0.25) is 5.91 Å². The molecule has 1 aliphatic heterocycles. The number of nitrogens with one attached hydrogen (secondary N) is 1. The number of amides is 1. The molecule has 2 N–H and O–H groups in total. The van der Waals surface area contributed by atoms with Gasteiger partial charge in [0, 0.05) is 10.6 Å². The van der Waals surface area contributed by atoms with Crippen LogP contribution in [0.25, 0.3) is 0 Å². The summed E-state index contributed by atoms with van der Waals surface area (Å²) in [6.07, 6.45) is 1.90. The van der Waals surface area contributed by atoms with Gasteiger partial charge in [-0.2, -0.15) is 0 Å². The Morgan fingerprint density at radius 1 is 1.24 bits per heavy atom. The first-order valence-corrected chi connectivity index (χ1v) is 8.01. The van der Waals surface area contributed by atoms with Crippen LogP contribution in [0, 0.1) is 17.7 Å². The van der Waals surface area contributed by atoms with Crippen LogP contribution in [0.3, 0.4) is 0 Å². The number of fused-ring (bicyclic) bond motifs is 1. The van der Waals surface area contributed by atoms with Crippen molar-refractivity contribution in [3.8, 4) is 0 Å². The highest BCUT2D eigenvalue weighted by Gasteiger charge is 2.42. The number of halogens is 1. The number of rotatable bonds is 3. The van der Waals surface area contributed by atoms with Crippen molar-refractivity contribution in [1.29, 1.82) is 0 Å². The van der Waals surface area contributed by atoms with Crippen LogP contribution in [0.5, 0.6) is 0 Å². The Bertz CT molecular complexity index is 592. The Morgan fingerprint density at radius 2 is 2.00 bits per heavy atom. The molecule has 1 aliphatic carbocycles. The van der Waals surface area contributed by atoms with Gasteiger partial charge < -0.3 is 10.4 Å². The average Bonchev–Trinajstić information content (AvgIpc) is 2.38. The summed E-state index contributed by atoms with van der Waals surface area (Å²) in [6.45, 7) is 0. The van der Waals surface area contributed by atoms with Gasteiger partial charge in [-0.05, 0) is 30.9 Å². The third-order valence-corrected chi connectivity index (χ3v) is 5.43. The molecular formula is C15H16FNO3S. The highest BCUT2D eigenvalue weighted by Crippen LogP contribution is 2.39. The Morgan fingerprint density at radius 3 is 2.67 bits per heavy atom. The van der Waals surface area contributed by atoms with E-state index < -0.39 is 17.8 Å². The zero-order chi connectivity index (χ0) is 15.0. The van der Waals surface area contributed by atoms with E-state index in [9.17, 15) is 14.0 Å². The molecule has 21 heavy (non-hydrogen) atoms. The lowest BCUT2D eigenvalue weighted by Crippen LogP contribution is -2.45. The molecule has 1 amide bonds. The van der Waals surface area contributed by atoms with Crippen LogP contribution in [0.2, 0.25) is 0 Å². The summed E-state index contributed by atoms with van der Waals surface area (Å²) in [7, 11) is 0. The molecule has 0 aromatic heterocycles. The predicted molar refractivity (Wildman–Crippen MR) is 76.5 cm³/mol. The van der Waals surface area contributed by atoms with Crippen molar-refractivity contribution in [2.75, 3.05) is 5.75 Å². The van der Waals surface area contributed by atoms with Crippen LogP contribution in [-0.2, 0) is 9.59 Å². The van der Waals surface area contributed by atoms with Crippen molar-refractivity contribution in [1.82, 2.24) is 5.32 Å². The molecule has 3 rings (SSSR count). The van der Waals surface area contributed by atoms with Crippen LogP contribution >= 0.6 is 11.8 Å². The zero-order valence-corrected chi connectivity index (χ0v) is 12.2. The van der Waals surface area contributed by atoms with Crippen molar-refractivity contribution >= 4 is 23.6 Å². The fourth-order valence-electron chi connectivity index (χ4n) is 2.92. The molecule has 0 spiro atoms. The van der Waals surface area contributed by atoms with Gasteiger partial charge in [0.05, 0.1) is 17.9 Å². The summed E-state index contributed by atoms with van der Waals surface area (Å²) in [5, 5.41) is 11.9. The lowest BCUT2D eigenvalue weighted by Gasteiger charge is -2.34. The Hall–Kier alpha value is -1.56. The fraction of sp³-hybridized carbons (Fsp3) is 0.467. The third kappa shape index (κ3) is 2.64. The number of carbonyl (C=O) groups is 2. The van der Waals surface area contributed by atoms with Gasteiger partial charge in [-0.25, -0.2) is 4.39 Å². The summed E-state index contributed by atoms with van der Waals surface area (Å²) in [4.78, 5) is 23.8. The van der Waals surface area contributed by atoms with Crippen LogP contribution in [0.15, 0.2) is 23.1 Å². The molecule has 1 aromatic rings. The largest absolute Gasteiger partial charge is 0.481 e. The van der Waals surface area contributed by atoms with Crippen LogP contribution in [0.1, 0.15) is 30.9 Å². The minimum Gasteiger partial charge on any atom is -0.481 e. The molecule has 1 fully saturated rings. The van der Waals surface area contributed by atoms with Crippen molar-refractivity contribution in [3.05, 3.63) is 29.6 Å². The van der Waals surface area contributed by atoms with Crippen LogP contribution < -0.4 is 5.32 Å². The van der Waals surface area contributed by atoms with Crippen molar-refractivity contribution in [3.63, 3.8) is 0 Å². The highest BCUT2D eigenvalue weighted by atomic mass is 32.2. The van der Waals surface area contributed by atoms with Crippen LogP contribution in [-0.4, -0.2) is 22.7 Å².